The normalized spacial score (nSPS) is 13.5. The molecule has 0 bridgehead atoms. The first-order chi connectivity index (χ1) is 12.0. The zero-order valence-corrected chi connectivity index (χ0v) is 16.5. The number of nitrogens with zero attached hydrogens (tertiary/aromatic N) is 2. The van der Waals surface area contributed by atoms with E-state index in [1.165, 1.54) is 0 Å². The third kappa shape index (κ3) is 6.30. The van der Waals surface area contributed by atoms with Crippen molar-refractivity contribution in [1.82, 2.24) is 14.9 Å². The largest absolute Gasteiger partial charge is 0.390 e. The number of hydrogen-bond donors (Lipinski definition) is 2. The predicted molar refractivity (Wildman–Crippen MR) is 104 cm³/mol. The van der Waals surface area contributed by atoms with Crippen molar-refractivity contribution in [3.05, 3.63) is 54.1 Å². The van der Waals surface area contributed by atoms with Gasteiger partial charge in [-0.25, -0.2) is 4.98 Å². The van der Waals surface area contributed by atoms with Gasteiger partial charge in [0.2, 0.25) is 0 Å². The van der Waals surface area contributed by atoms with Gasteiger partial charge in [-0.3, -0.25) is 4.79 Å². The average molecular weight is 357 g/mol. The molecule has 5 nitrogen and oxygen atoms in total. The second-order valence-electron chi connectivity index (χ2n) is 8.66. The minimum Gasteiger partial charge on any atom is -0.390 e. The molecule has 0 spiro atoms. The molecule has 0 unspecified atom stereocenters. The van der Waals surface area contributed by atoms with Crippen LogP contribution in [0.15, 0.2) is 43.0 Å². The number of aromatic nitrogens is 2. The van der Waals surface area contributed by atoms with Crippen molar-refractivity contribution in [3.8, 4) is 0 Å². The predicted octanol–water partition coefficient (Wildman–Crippen LogP) is 3.43. The van der Waals surface area contributed by atoms with Crippen molar-refractivity contribution in [2.24, 2.45) is 5.41 Å². The third-order valence-electron chi connectivity index (χ3n) is 4.52. The molecule has 0 aliphatic heterocycles. The monoisotopic (exact) mass is 357 g/mol. The van der Waals surface area contributed by atoms with Crippen LogP contribution in [0, 0.1) is 5.41 Å². The van der Waals surface area contributed by atoms with E-state index >= 15 is 0 Å². The Bertz CT molecular complexity index is 710. The summed E-state index contributed by atoms with van der Waals surface area (Å²) in [6, 6.07) is 7.62. The summed E-state index contributed by atoms with van der Waals surface area (Å²) in [6.45, 7) is 10.6. The van der Waals surface area contributed by atoms with Crippen LogP contribution in [-0.2, 0) is 13.0 Å². The topological polar surface area (TPSA) is 67.2 Å². The average Bonchev–Trinajstić information content (AvgIpc) is 3.04. The summed E-state index contributed by atoms with van der Waals surface area (Å²) in [7, 11) is 0. The van der Waals surface area contributed by atoms with Crippen molar-refractivity contribution >= 4 is 5.91 Å². The maximum absolute atomic E-state index is 12.8. The first-order valence-electron chi connectivity index (χ1n) is 9.12. The molecule has 2 N–H and O–H groups in total. The van der Waals surface area contributed by atoms with Crippen molar-refractivity contribution < 1.29 is 9.90 Å². The number of rotatable bonds is 7. The summed E-state index contributed by atoms with van der Waals surface area (Å²) < 4.78 is 1.98. The maximum atomic E-state index is 12.8. The molecule has 1 atom stereocenters. The molecule has 2 aromatic rings. The van der Waals surface area contributed by atoms with Crippen molar-refractivity contribution in [3.63, 3.8) is 0 Å². The quantitative estimate of drug-likeness (QED) is 0.798. The first kappa shape index (κ1) is 20.2. The van der Waals surface area contributed by atoms with E-state index in [4.69, 9.17) is 0 Å². The highest BCUT2D eigenvalue weighted by Crippen LogP contribution is 2.22. The van der Waals surface area contributed by atoms with Crippen LogP contribution >= 0.6 is 0 Å². The summed E-state index contributed by atoms with van der Waals surface area (Å²) in [6.07, 6.45) is 6.81. The molecule has 0 saturated heterocycles. The Morgan fingerprint density at radius 1 is 1.27 bits per heavy atom. The molecule has 1 aromatic carbocycles. The molecule has 0 saturated carbocycles. The van der Waals surface area contributed by atoms with Gasteiger partial charge in [-0.15, -0.1) is 0 Å². The van der Waals surface area contributed by atoms with E-state index in [0.29, 0.717) is 18.5 Å². The fourth-order valence-electron chi connectivity index (χ4n) is 2.70. The number of amides is 1. The van der Waals surface area contributed by atoms with E-state index in [9.17, 15) is 9.90 Å². The van der Waals surface area contributed by atoms with Crippen molar-refractivity contribution in [1.29, 1.82) is 0 Å². The van der Waals surface area contributed by atoms with E-state index in [0.717, 1.165) is 12.0 Å². The van der Waals surface area contributed by atoms with Crippen LogP contribution < -0.4 is 5.32 Å². The Morgan fingerprint density at radius 3 is 2.58 bits per heavy atom. The number of aliphatic hydroxyl groups is 1. The summed E-state index contributed by atoms with van der Waals surface area (Å²) in [4.78, 5) is 16.9. The Labute approximate surface area is 156 Å². The second kappa shape index (κ2) is 8.04. The lowest BCUT2D eigenvalue weighted by atomic mass is 9.86. The third-order valence-corrected chi connectivity index (χ3v) is 4.52. The molecule has 0 aliphatic carbocycles. The van der Waals surface area contributed by atoms with Gasteiger partial charge in [-0.2, -0.15) is 0 Å². The Balaban J connectivity index is 2.09. The van der Waals surface area contributed by atoms with Crippen molar-refractivity contribution in [2.45, 2.75) is 65.6 Å². The standard InChI is InChI=1S/C21H31N3O2/c1-20(2,3)18(14-24-12-11-22-15-24)23-19(25)17-8-6-7-16(13-17)9-10-21(4,5)26/h6-8,11-13,15,18,26H,9-10,14H2,1-5H3,(H,23,25)/t18-/m0/s1. The van der Waals surface area contributed by atoms with Gasteiger partial charge < -0.3 is 15.0 Å². The SMILES string of the molecule is CC(C)(O)CCc1cccc(C(=O)N[C@@H](Cn2ccnc2)C(C)(C)C)c1. The highest BCUT2D eigenvalue weighted by Gasteiger charge is 2.27. The Hall–Kier alpha value is -2.14. The molecule has 1 heterocycles. The minimum atomic E-state index is -0.708. The van der Waals surface area contributed by atoms with Gasteiger partial charge in [0.05, 0.1) is 18.0 Å². The molecular formula is C21H31N3O2. The molecule has 2 rings (SSSR count). The number of carbonyl (C=O) groups is 1. The van der Waals surface area contributed by atoms with Gasteiger partial charge >= 0.3 is 0 Å². The molecule has 1 amide bonds. The summed E-state index contributed by atoms with van der Waals surface area (Å²) in [5.41, 5.74) is 0.915. The summed E-state index contributed by atoms with van der Waals surface area (Å²) in [5.74, 6) is -0.0739. The van der Waals surface area contributed by atoms with Crippen molar-refractivity contribution in [2.75, 3.05) is 0 Å². The lowest BCUT2D eigenvalue weighted by Crippen LogP contribution is -2.46. The number of carbonyl (C=O) groups excluding carboxylic acids is 1. The maximum Gasteiger partial charge on any atom is 0.251 e. The molecule has 1 aromatic heterocycles. The number of hydrogen-bond acceptors (Lipinski definition) is 3. The Kier molecular flexibility index (Phi) is 6.24. The van der Waals surface area contributed by atoms with E-state index in [1.807, 2.05) is 35.0 Å². The van der Waals surface area contributed by atoms with Crippen LogP contribution in [-0.4, -0.2) is 32.2 Å². The van der Waals surface area contributed by atoms with Gasteiger partial charge in [-0.1, -0.05) is 32.9 Å². The summed E-state index contributed by atoms with van der Waals surface area (Å²) in [5, 5.41) is 13.1. The molecule has 0 aliphatic rings. The smallest absolute Gasteiger partial charge is 0.251 e. The van der Waals surface area contributed by atoms with E-state index < -0.39 is 5.60 Å². The molecule has 0 fully saturated rings. The molecule has 0 radical (unpaired) electrons. The van der Waals surface area contributed by atoms with Gasteiger partial charge in [0.1, 0.15) is 0 Å². The lowest BCUT2D eigenvalue weighted by Gasteiger charge is -2.32. The first-order valence-corrected chi connectivity index (χ1v) is 9.12. The minimum absolute atomic E-state index is 0.0239. The summed E-state index contributed by atoms with van der Waals surface area (Å²) >= 11 is 0. The molecule has 142 valence electrons. The molecular weight excluding hydrogens is 326 g/mol. The lowest BCUT2D eigenvalue weighted by molar-refractivity contribution is 0.0714. The fraction of sp³-hybridized carbons (Fsp3) is 0.524. The number of nitrogens with one attached hydrogen (secondary N) is 1. The van der Waals surface area contributed by atoms with E-state index in [2.05, 4.69) is 31.1 Å². The number of benzene rings is 1. The molecule has 26 heavy (non-hydrogen) atoms. The van der Waals surface area contributed by atoms with Crippen LogP contribution in [0.2, 0.25) is 0 Å². The van der Waals surface area contributed by atoms with Crippen LogP contribution in [0.1, 0.15) is 57.0 Å². The van der Waals surface area contributed by atoms with Gasteiger partial charge in [0, 0.05) is 24.5 Å². The highest BCUT2D eigenvalue weighted by atomic mass is 16.3. The number of aryl methyl sites for hydroxylation is 1. The van der Waals surface area contributed by atoms with Crippen LogP contribution in [0.5, 0.6) is 0 Å². The van der Waals surface area contributed by atoms with Gasteiger partial charge in [0.25, 0.3) is 5.91 Å². The highest BCUT2D eigenvalue weighted by molar-refractivity contribution is 5.94. The van der Waals surface area contributed by atoms with Crippen LogP contribution in [0.25, 0.3) is 0 Å². The van der Waals surface area contributed by atoms with Crippen LogP contribution in [0.3, 0.4) is 0 Å². The van der Waals surface area contributed by atoms with Crippen LogP contribution in [0.4, 0.5) is 0 Å². The number of imidazole rings is 1. The van der Waals surface area contributed by atoms with E-state index in [1.54, 1.807) is 26.4 Å². The zero-order chi connectivity index (χ0) is 19.4. The zero-order valence-electron chi connectivity index (χ0n) is 16.5. The second-order valence-corrected chi connectivity index (χ2v) is 8.66. The van der Waals surface area contributed by atoms with Gasteiger partial charge in [0.15, 0.2) is 0 Å². The Morgan fingerprint density at radius 2 is 2.00 bits per heavy atom. The van der Waals surface area contributed by atoms with Gasteiger partial charge in [-0.05, 0) is 49.8 Å². The molecule has 5 heteroatoms. The van der Waals surface area contributed by atoms with E-state index in [-0.39, 0.29) is 17.4 Å². The fourth-order valence-corrected chi connectivity index (χ4v) is 2.70.